The monoisotopic (exact) mass is 807 g/mol. The fraction of sp³-hybridized carbons (Fsp3) is 0.981. The first kappa shape index (κ1) is 43.6. The standard InChI is InChI=1S/C54H91ClO2/c1-34(2)14-11-16-36(5)42-21-23-44-40-20-19-38-32-39(56)33-54(55,51(38,9)46(40)26-29-49(42,44)7)53-28-13-18-48(57)52(53,10)47-27-30-50(8)43(37(6)17-12-15-35(3)4)22-24-45(50)41(47)25-31-53/h34-47,56H,11-33H2,1-10H3/t36-,37-,38?,39?,40+,41+,42-,43-,44+,45+,46+,47+,49-,50-,51+,52+,53?,54?/m1/s1. The maximum atomic E-state index is 15.2. The summed E-state index contributed by atoms with van der Waals surface area (Å²) in [7, 11) is 0. The number of halogens is 1. The van der Waals surface area contributed by atoms with Gasteiger partial charge in [-0.3, -0.25) is 4.79 Å². The molecule has 0 saturated heterocycles. The molecule has 1 N–H and O–H groups in total. The highest BCUT2D eigenvalue weighted by molar-refractivity contribution is 6.25. The molecule has 8 aliphatic carbocycles. The third kappa shape index (κ3) is 6.36. The van der Waals surface area contributed by atoms with Crippen LogP contribution in [-0.2, 0) is 4.79 Å². The van der Waals surface area contributed by atoms with E-state index >= 15 is 4.79 Å². The van der Waals surface area contributed by atoms with E-state index < -0.39 is 4.87 Å². The van der Waals surface area contributed by atoms with Crippen LogP contribution in [0.1, 0.15) is 217 Å². The van der Waals surface area contributed by atoms with Crippen molar-refractivity contribution in [3.8, 4) is 0 Å². The predicted molar refractivity (Wildman–Crippen MR) is 240 cm³/mol. The molecular formula is C54H91ClO2. The molecule has 0 aromatic carbocycles. The number of hydrogen-bond donors (Lipinski definition) is 1. The van der Waals surface area contributed by atoms with E-state index in [2.05, 4.69) is 69.2 Å². The fourth-order valence-electron chi connectivity index (χ4n) is 20.0. The molecule has 326 valence electrons. The number of fused-ring (bicyclic) bond motifs is 10. The van der Waals surface area contributed by atoms with E-state index in [4.69, 9.17) is 11.6 Å². The van der Waals surface area contributed by atoms with Gasteiger partial charge in [0, 0.05) is 17.3 Å². The molecule has 0 amide bonds. The van der Waals surface area contributed by atoms with Crippen molar-refractivity contribution >= 4 is 17.4 Å². The van der Waals surface area contributed by atoms with Crippen LogP contribution in [0, 0.1) is 104 Å². The average Bonchev–Trinajstić information content (AvgIpc) is 3.69. The molecule has 0 aliphatic heterocycles. The van der Waals surface area contributed by atoms with Gasteiger partial charge in [-0.15, -0.1) is 11.6 Å². The molecule has 0 radical (unpaired) electrons. The van der Waals surface area contributed by atoms with Gasteiger partial charge >= 0.3 is 0 Å². The van der Waals surface area contributed by atoms with Gasteiger partial charge in [0.15, 0.2) is 0 Å². The lowest BCUT2D eigenvalue weighted by atomic mass is 9.31. The minimum Gasteiger partial charge on any atom is -0.393 e. The summed E-state index contributed by atoms with van der Waals surface area (Å²) in [6.45, 7) is 25.4. The zero-order valence-corrected chi connectivity index (χ0v) is 39.8. The molecule has 4 unspecified atom stereocenters. The van der Waals surface area contributed by atoms with Crippen LogP contribution < -0.4 is 0 Å². The van der Waals surface area contributed by atoms with Gasteiger partial charge in [-0.05, 0) is 196 Å². The Bertz CT molecular complexity index is 1450. The number of carbonyl (C=O) groups is 1. The molecule has 3 heteroatoms. The maximum absolute atomic E-state index is 15.2. The minimum atomic E-state index is -0.540. The molecule has 0 aromatic rings. The second-order valence-corrected chi connectivity index (χ2v) is 26.0. The van der Waals surface area contributed by atoms with Crippen LogP contribution in [0.3, 0.4) is 0 Å². The maximum Gasteiger partial charge on any atom is 0.139 e. The van der Waals surface area contributed by atoms with E-state index in [0.717, 1.165) is 85.4 Å². The van der Waals surface area contributed by atoms with Gasteiger partial charge in [-0.1, -0.05) is 108 Å². The largest absolute Gasteiger partial charge is 0.393 e. The number of carbonyl (C=O) groups excluding carboxylic acids is 1. The first-order chi connectivity index (χ1) is 26.9. The summed E-state index contributed by atoms with van der Waals surface area (Å²) in [5.74, 6) is 9.99. The molecule has 0 aromatic heterocycles. The van der Waals surface area contributed by atoms with Crippen LogP contribution in [0.25, 0.3) is 0 Å². The van der Waals surface area contributed by atoms with E-state index in [1.165, 1.54) is 109 Å². The van der Waals surface area contributed by atoms with E-state index in [0.29, 0.717) is 46.7 Å². The van der Waals surface area contributed by atoms with Crippen LogP contribution in [0.2, 0.25) is 0 Å². The average molecular weight is 808 g/mol. The van der Waals surface area contributed by atoms with E-state index in [-0.39, 0.29) is 22.3 Å². The number of Topliss-reactive ketones (excluding diaryl/α,β-unsaturated/α-hetero) is 1. The number of aliphatic hydroxyl groups is 1. The van der Waals surface area contributed by atoms with Crippen LogP contribution >= 0.6 is 11.6 Å². The molecular weight excluding hydrogens is 716 g/mol. The van der Waals surface area contributed by atoms with Gasteiger partial charge in [0.25, 0.3) is 0 Å². The first-order valence-electron chi connectivity index (χ1n) is 25.8. The van der Waals surface area contributed by atoms with Gasteiger partial charge in [-0.2, -0.15) is 0 Å². The highest BCUT2D eigenvalue weighted by atomic mass is 35.5. The van der Waals surface area contributed by atoms with Crippen LogP contribution in [0.4, 0.5) is 0 Å². The lowest BCUT2D eigenvalue weighted by molar-refractivity contribution is -0.232. The number of ketones is 1. The normalized spacial score (nSPS) is 51.7. The summed E-state index contributed by atoms with van der Waals surface area (Å²) in [5, 5.41) is 12.0. The van der Waals surface area contributed by atoms with Gasteiger partial charge in [0.05, 0.1) is 11.0 Å². The van der Waals surface area contributed by atoms with Gasteiger partial charge < -0.3 is 5.11 Å². The summed E-state index contributed by atoms with van der Waals surface area (Å²) >= 11 is 8.94. The first-order valence-corrected chi connectivity index (χ1v) is 26.2. The summed E-state index contributed by atoms with van der Waals surface area (Å²) in [4.78, 5) is 14.7. The second-order valence-electron chi connectivity index (χ2n) is 25.4. The Balaban J connectivity index is 1.10. The predicted octanol–water partition coefficient (Wildman–Crippen LogP) is 15.1. The molecule has 8 rings (SSSR count). The topological polar surface area (TPSA) is 37.3 Å². The molecule has 8 fully saturated rings. The highest BCUT2D eigenvalue weighted by Crippen LogP contribution is 2.80. The lowest BCUT2D eigenvalue weighted by Crippen LogP contribution is -2.75. The van der Waals surface area contributed by atoms with E-state index in [1.807, 2.05) is 0 Å². The van der Waals surface area contributed by atoms with E-state index in [1.54, 1.807) is 0 Å². The van der Waals surface area contributed by atoms with Crippen molar-refractivity contribution in [3.63, 3.8) is 0 Å². The van der Waals surface area contributed by atoms with Crippen LogP contribution in [0.15, 0.2) is 0 Å². The summed E-state index contributed by atoms with van der Waals surface area (Å²) < 4.78 is 0. The molecule has 0 spiro atoms. The van der Waals surface area contributed by atoms with Crippen molar-refractivity contribution in [2.75, 3.05) is 0 Å². The Morgan fingerprint density at radius 1 is 0.632 bits per heavy atom. The zero-order chi connectivity index (χ0) is 40.9. The Morgan fingerprint density at radius 2 is 1.18 bits per heavy atom. The molecule has 18 atom stereocenters. The van der Waals surface area contributed by atoms with Crippen molar-refractivity contribution in [2.45, 2.75) is 228 Å². The fourth-order valence-corrected chi connectivity index (χ4v) is 20.9. The third-order valence-electron chi connectivity index (χ3n) is 22.7. The van der Waals surface area contributed by atoms with Gasteiger partial charge in [-0.25, -0.2) is 0 Å². The second kappa shape index (κ2) is 15.6. The van der Waals surface area contributed by atoms with Crippen molar-refractivity contribution in [3.05, 3.63) is 0 Å². The number of rotatable bonds is 11. The Kier molecular flexibility index (Phi) is 11.9. The Hall–Kier alpha value is -0.0800. The van der Waals surface area contributed by atoms with Crippen molar-refractivity contribution in [1.82, 2.24) is 0 Å². The smallest absolute Gasteiger partial charge is 0.139 e. The van der Waals surface area contributed by atoms with Crippen LogP contribution in [0.5, 0.6) is 0 Å². The lowest BCUT2D eigenvalue weighted by Gasteiger charge is -2.75. The summed E-state index contributed by atoms with van der Waals surface area (Å²) in [6, 6.07) is 0. The van der Waals surface area contributed by atoms with Gasteiger partial charge in [0.2, 0.25) is 0 Å². The van der Waals surface area contributed by atoms with Crippen molar-refractivity contribution in [1.29, 1.82) is 0 Å². The Labute approximate surface area is 357 Å². The molecule has 8 aliphatic rings. The van der Waals surface area contributed by atoms with E-state index in [9.17, 15) is 5.11 Å². The molecule has 8 saturated carbocycles. The van der Waals surface area contributed by atoms with Crippen molar-refractivity contribution < 1.29 is 9.90 Å². The molecule has 57 heavy (non-hydrogen) atoms. The van der Waals surface area contributed by atoms with Crippen molar-refractivity contribution in [2.24, 2.45) is 104 Å². The van der Waals surface area contributed by atoms with Gasteiger partial charge in [0.1, 0.15) is 5.78 Å². The molecule has 0 heterocycles. The number of aliphatic hydroxyl groups excluding tert-OH is 1. The summed E-state index contributed by atoms with van der Waals surface area (Å²) in [6.07, 6.45) is 28.2. The summed E-state index contributed by atoms with van der Waals surface area (Å²) in [5.41, 5.74) is 0.213. The molecule has 0 bridgehead atoms. The number of hydrogen-bond acceptors (Lipinski definition) is 2. The molecule has 2 nitrogen and oxygen atoms in total. The zero-order valence-electron chi connectivity index (χ0n) is 39.1. The third-order valence-corrected chi connectivity index (χ3v) is 23.6. The SMILES string of the molecule is CC(C)CCC[C@@H](C)[C@H]1CC[C@H]2[C@@H]3CCC4CC(O)CC(Cl)(C56CCCC(=O)[C@]5(C)[C@H]5CC[C@]7(C)[C@@H]([C@H](C)CCCC(C)C)CC[C@H]7[C@@H]5CC6)[C@]4(C)[C@H]3CC[C@]12C. The quantitative estimate of drug-likeness (QED) is 0.211. The Morgan fingerprint density at radius 3 is 1.74 bits per heavy atom. The number of alkyl halides is 1. The van der Waals surface area contributed by atoms with Crippen LogP contribution in [-0.4, -0.2) is 21.9 Å². The minimum absolute atomic E-state index is 0.0439. The highest BCUT2D eigenvalue weighted by Gasteiger charge is 2.78.